The smallest absolute Gasteiger partial charge is 0.263 e. The summed E-state index contributed by atoms with van der Waals surface area (Å²) in [5, 5.41) is 0.239. The third-order valence-electron chi connectivity index (χ3n) is 2.14. The molecule has 0 spiro atoms. The van der Waals surface area contributed by atoms with Crippen LogP contribution in [0.15, 0.2) is 41.4 Å². The van der Waals surface area contributed by atoms with Gasteiger partial charge >= 0.3 is 0 Å². The predicted molar refractivity (Wildman–Crippen MR) is 69.0 cm³/mol. The van der Waals surface area contributed by atoms with Crippen molar-refractivity contribution in [3.05, 3.63) is 47.4 Å². The van der Waals surface area contributed by atoms with Crippen molar-refractivity contribution >= 4 is 27.4 Å². The molecule has 2 heterocycles. The van der Waals surface area contributed by atoms with E-state index >= 15 is 0 Å². The molecular formula is C11H10ClN3O2S. The van der Waals surface area contributed by atoms with Gasteiger partial charge in [-0.1, -0.05) is 17.7 Å². The topological polar surface area (TPSA) is 72.0 Å². The van der Waals surface area contributed by atoms with Crippen LogP contribution in [0.1, 0.15) is 5.69 Å². The lowest BCUT2D eigenvalue weighted by atomic mass is 10.4. The van der Waals surface area contributed by atoms with E-state index in [0.29, 0.717) is 0 Å². The van der Waals surface area contributed by atoms with Gasteiger partial charge in [0.25, 0.3) is 10.0 Å². The largest absolute Gasteiger partial charge is 0.264 e. The quantitative estimate of drug-likeness (QED) is 0.877. The molecule has 18 heavy (non-hydrogen) atoms. The van der Waals surface area contributed by atoms with Crippen LogP contribution >= 0.6 is 11.6 Å². The van der Waals surface area contributed by atoms with Crippen molar-refractivity contribution in [1.29, 1.82) is 0 Å². The van der Waals surface area contributed by atoms with Crippen LogP contribution in [-0.2, 0) is 10.0 Å². The van der Waals surface area contributed by atoms with Crippen LogP contribution in [-0.4, -0.2) is 18.4 Å². The summed E-state index contributed by atoms with van der Waals surface area (Å²) in [6, 6.07) is 7.88. The number of nitrogens with zero attached hydrogens (tertiary/aromatic N) is 2. The summed E-state index contributed by atoms with van der Waals surface area (Å²) in [6.07, 6.45) is 1.19. The van der Waals surface area contributed by atoms with Gasteiger partial charge in [0.15, 0.2) is 0 Å². The number of hydrogen-bond acceptors (Lipinski definition) is 4. The van der Waals surface area contributed by atoms with Crippen LogP contribution in [0.5, 0.6) is 0 Å². The Hall–Kier alpha value is -1.66. The molecule has 2 rings (SSSR count). The van der Waals surface area contributed by atoms with Crippen molar-refractivity contribution in [3.8, 4) is 0 Å². The van der Waals surface area contributed by atoms with Crippen LogP contribution < -0.4 is 4.72 Å². The third-order valence-corrected chi connectivity index (χ3v) is 3.70. The van der Waals surface area contributed by atoms with Crippen LogP contribution in [0, 0.1) is 6.92 Å². The van der Waals surface area contributed by atoms with Gasteiger partial charge in [-0.05, 0) is 31.2 Å². The van der Waals surface area contributed by atoms with Crippen LogP contribution in [0.3, 0.4) is 0 Å². The summed E-state index contributed by atoms with van der Waals surface area (Å²) in [7, 11) is -3.68. The van der Waals surface area contributed by atoms with E-state index in [-0.39, 0.29) is 15.9 Å². The van der Waals surface area contributed by atoms with Crippen LogP contribution in [0.25, 0.3) is 0 Å². The highest BCUT2D eigenvalue weighted by Crippen LogP contribution is 2.15. The van der Waals surface area contributed by atoms with Crippen molar-refractivity contribution in [3.63, 3.8) is 0 Å². The molecule has 0 unspecified atom stereocenters. The van der Waals surface area contributed by atoms with Crippen molar-refractivity contribution in [2.45, 2.75) is 11.8 Å². The maximum absolute atomic E-state index is 12.0. The SMILES string of the molecule is Cc1cccc(NS(=O)(=O)c2ccc(Cl)nc2)n1. The van der Waals surface area contributed by atoms with Gasteiger partial charge in [-0.15, -0.1) is 0 Å². The Bertz CT molecular complexity index is 656. The number of sulfonamides is 1. The minimum absolute atomic E-state index is 0.0372. The molecule has 0 radical (unpaired) electrons. The maximum atomic E-state index is 12.0. The summed E-state index contributed by atoms with van der Waals surface area (Å²) in [6.45, 7) is 1.78. The maximum Gasteiger partial charge on any atom is 0.264 e. The molecule has 0 saturated carbocycles. The number of hydrogen-bond donors (Lipinski definition) is 1. The minimum atomic E-state index is -3.68. The van der Waals surface area contributed by atoms with Crippen LogP contribution in [0.4, 0.5) is 5.82 Å². The first-order chi connectivity index (χ1) is 8.47. The summed E-state index contributed by atoms with van der Waals surface area (Å²) >= 11 is 5.60. The minimum Gasteiger partial charge on any atom is -0.263 e. The van der Waals surface area contributed by atoms with E-state index in [2.05, 4.69) is 14.7 Å². The van der Waals surface area contributed by atoms with E-state index in [1.54, 1.807) is 25.1 Å². The van der Waals surface area contributed by atoms with Gasteiger partial charge in [0, 0.05) is 11.9 Å². The zero-order valence-corrected chi connectivity index (χ0v) is 11.0. The number of halogens is 1. The Morgan fingerprint density at radius 3 is 2.61 bits per heavy atom. The number of rotatable bonds is 3. The molecule has 0 aliphatic rings. The second kappa shape index (κ2) is 4.91. The lowest BCUT2D eigenvalue weighted by Gasteiger charge is -2.07. The number of nitrogens with one attached hydrogen (secondary N) is 1. The lowest BCUT2D eigenvalue weighted by molar-refractivity contribution is 0.600. The summed E-state index contributed by atoms with van der Waals surface area (Å²) < 4.78 is 26.4. The molecular weight excluding hydrogens is 274 g/mol. The summed E-state index contributed by atoms with van der Waals surface area (Å²) in [4.78, 5) is 7.83. The number of pyridine rings is 2. The summed E-state index contributed by atoms with van der Waals surface area (Å²) in [5.74, 6) is 0.268. The normalized spacial score (nSPS) is 11.2. The fourth-order valence-electron chi connectivity index (χ4n) is 1.32. The van der Waals surface area contributed by atoms with Gasteiger partial charge < -0.3 is 0 Å². The van der Waals surface area contributed by atoms with Crippen molar-refractivity contribution in [2.24, 2.45) is 0 Å². The van der Waals surface area contributed by atoms with E-state index in [9.17, 15) is 8.42 Å². The Labute approximate surface area is 110 Å². The number of anilines is 1. The predicted octanol–water partition coefficient (Wildman–Crippen LogP) is 2.24. The summed E-state index contributed by atoms with van der Waals surface area (Å²) in [5.41, 5.74) is 0.726. The van der Waals surface area contributed by atoms with Crippen molar-refractivity contribution in [1.82, 2.24) is 9.97 Å². The molecule has 0 saturated heterocycles. The molecule has 0 fully saturated rings. The number of aromatic nitrogens is 2. The zero-order valence-electron chi connectivity index (χ0n) is 9.46. The van der Waals surface area contributed by atoms with Gasteiger partial charge in [-0.2, -0.15) is 0 Å². The molecule has 2 aromatic heterocycles. The van der Waals surface area contributed by atoms with Gasteiger partial charge in [0.05, 0.1) is 0 Å². The molecule has 5 nitrogen and oxygen atoms in total. The monoisotopic (exact) mass is 283 g/mol. The van der Waals surface area contributed by atoms with Crippen molar-refractivity contribution < 1.29 is 8.42 Å². The Balaban J connectivity index is 2.30. The first kappa shape index (κ1) is 12.8. The van der Waals surface area contributed by atoms with Crippen LogP contribution in [0.2, 0.25) is 5.15 Å². The van der Waals surface area contributed by atoms with E-state index in [4.69, 9.17) is 11.6 Å². The highest BCUT2D eigenvalue weighted by atomic mass is 35.5. The van der Waals surface area contributed by atoms with Gasteiger partial charge in [-0.25, -0.2) is 18.4 Å². The average molecular weight is 284 g/mol. The molecule has 0 aliphatic carbocycles. The third kappa shape index (κ3) is 2.96. The molecule has 7 heteroatoms. The first-order valence-corrected chi connectivity index (χ1v) is 6.91. The van der Waals surface area contributed by atoms with E-state index in [1.807, 2.05) is 0 Å². The van der Waals surface area contributed by atoms with E-state index in [0.717, 1.165) is 5.69 Å². The molecule has 0 bridgehead atoms. The second-order valence-electron chi connectivity index (χ2n) is 3.59. The Kier molecular flexibility index (Phi) is 3.49. The number of aryl methyl sites for hydroxylation is 1. The fraction of sp³-hybridized carbons (Fsp3) is 0.0909. The highest BCUT2D eigenvalue weighted by molar-refractivity contribution is 7.92. The standard InChI is InChI=1S/C11H10ClN3O2S/c1-8-3-2-4-11(14-8)15-18(16,17)9-5-6-10(12)13-7-9/h2-7H,1H3,(H,14,15). The molecule has 0 amide bonds. The molecule has 0 atom stereocenters. The average Bonchev–Trinajstić information content (AvgIpc) is 2.29. The zero-order chi connectivity index (χ0) is 13.2. The lowest BCUT2D eigenvalue weighted by Crippen LogP contribution is -2.14. The molecule has 2 aromatic rings. The Morgan fingerprint density at radius 2 is 2.00 bits per heavy atom. The van der Waals surface area contributed by atoms with Gasteiger partial charge in [0.1, 0.15) is 15.9 Å². The first-order valence-electron chi connectivity index (χ1n) is 5.05. The van der Waals surface area contributed by atoms with Gasteiger partial charge in [0.2, 0.25) is 0 Å². The Morgan fingerprint density at radius 1 is 1.22 bits per heavy atom. The molecule has 0 aliphatic heterocycles. The fourth-order valence-corrected chi connectivity index (χ4v) is 2.38. The molecule has 1 N–H and O–H groups in total. The highest BCUT2D eigenvalue weighted by Gasteiger charge is 2.15. The molecule has 0 aromatic carbocycles. The molecule has 94 valence electrons. The second-order valence-corrected chi connectivity index (χ2v) is 5.66. The van der Waals surface area contributed by atoms with Crippen molar-refractivity contribution in [2.75, 3.05) is 4.72 Å². The van der Waals surface area contributed by atoms with E-state index < -0.39 is 10.0 Å². The van der Waals surface area contributed by atoms with Gasteiger partial charge in [-0.3, -0.25) is 4.72 Å². The van der Waals surface area contributed by atoms with E-state index in [1.165, 1.54) is 18.3 Å².